The molecule has 1 atom stereocenters. The Morgan fingerprint density at radius 1 is 1.28 bits per heavy atom. The van der Waals surface area contributed by atoms with Gasteiger partial charge in [-0.25, -0.2) is 4.39 Å². The number of anilines is 2. The van der Waals surface area contributed by atoms with Crippen LogP contribution in [0.15, 0.2) is 40.9 Å². The lowest BCUT2D eigenvalue weighted by Gasteiger charge is -2.34. The van der Waals surface area contributed by atoms with Gasteiger partial charge in [-0.2, -0.15) is 0 Å². The molecule has 128 valence electrons. The zero-order valence-corrected chi connectivity index (χ0v) is 15.0. The molecule has 1 unspecified atom stereocenters. The largest absolute Gasteiger partial charge is 0.326 e. The monoisotopic (exact) mass is 402 g/mol. The predicted molar refractivity (Wildman–Crippen MR) is 97.2 cm³/mol. The van der Waals surface area contributed by atoms with Crippen molar-refractivity contribution in [2.24, 2.45) is 0 Å². The number of carbonyl (C=O) groups excluding carboxylic acids is 2. The van der Waals surface area contributed by atoms with E-state index in [1.54, 1.807) is 6.07 Å². The molecule has 0 aliphatic carbocycles. The van der Waals surface area contributed by atoms with Crippen LogP contribution in [0.3, 0.4) is 0 Å². The second-order valence-electron chi connectivity index (χ2n) is 6.38. The fourth-order valence-electron chi connectivity index (χ4n) is 3.69. The zero-order valence-electron chi connectivity index (χ0n) is 13.4. The minimum Gasteiger partial charge on any atom is -0.326 e. The fourth-order valence-corrected chi connectivity index (χ4v) is 4.17. The number of rotatable bonds is 1. The summed E-state index contributed by atoms with van der Waals surface area (Å²) >= 11 is 3.31. The summed E-state index contributed by atoms with van der Waals surface area (Å²) in [6.45, 7) is 0.463. The van der Waals surface area contributed by atoms with Crippen LogP contribution in [0.1, 0.15) is 29.9 Å². The van der Waals surface area contributed by atoms with Gasteiger partial charge in [-0.3, -0.25) is 9.59 Å². The van der Waals surface area contributed by atoms with Crippen LogP contribution in [0.25, 0.3) is 0 Å². The van der Waals surface area contributed by atoms with Crippen LogP contribution in [-0.4, -0.2) is 18.4 Å². The minimum atomic E-state index is -0.584. The number of hydrogen-bond donors (Lipinski definition) is 1. The number of hydrogen-bond acceptors (Lipinski definition) is 2. The van der Waals surface area contributed by atoms with E-state index in [2.05, 4.69) is 21.2 Å². The van der Waals surface area contributed by atoms with Gasteiger partial charge in [0.15, 0.2) is 0 Å². The summed E-state index contributed by atoms with van der Waals surface area (Å²) in [7, 11) is 0. The number of nitrogens with zero attached hydrogens (tertiary/aromatic N) is 1. The molecule has 2 aromatic carbocycles. The first-order chi connectivity index (χ1) is 12.0. The number of nitrogens with one attached hydrogen (secondary N) is 1. The summed E-state index contributed by atoms with van der Waals surface area (Å²) < 4.78 is 15.2. The van der Waals surface area contributed by atoms with Gasteiger partial charge in [0.25, 0.3) is 0 Å². The number of carbonyl (C=O) groups is 2. The van der Waals surface area contributed by atoms with Crippen molar-refractivity contribution in [3.63, 3.8) is 0 Å². The second-order valence-corrected chi connectivity index (χ2v) is 7.30. The molecule has 4 nitrogen and oxygen atoms in total. The van der Waals surface area contributed by atoms with Crippen LogP contribution in [-0.2, 0) is 16.0 Å². The van der Waals surface area contributed by atoms with Gasteiger partial charge in [0, 0.05) is 23.1 Å². The van der Waals surface area contributed by atoms with Crippen molar-refractivity contribution in [1.29, 1.82) is 0 Å². The number of benzene rings is 2. The average Bonchev–Trinajstić information content (AvgIpc) is 2.59. The lowest BCUT2D eigenvalue weighted by molar-refractivity contribution is -0.124. The lowest BCUT2D eigenvalue weighted by atomic mass is 9.88. The van der Waals surface area contributed by atoms with E-state index in [1.165, 1.54) is 11.0 Å². The van der Waals surface area contributed by atoms with E-state index in [4.69, 9.17) is 0 Å². The Balaban J connectivity index is 1.75. The SMILES string of the molecule is O=C1CC(C(=O)N2CCCc3cc(Br)cc(F)c32)c2ccccc2N1. The van der Waals surface area contributed by atoms with Crippen LogP contribution >= 0.6 is 15.9 Å². The summed E-state index contributed by atoms with van der Waals surface area (Å²) in [5.74, 6) is -1.40. The molecule has 0 saturated carbocycles. The van der Waals surface area contributed by atoms with Gasteiger partial charge in [0.05, 0.1) is 11.6 Å². The van der Waals surface area contributed by atoms with Gasteiger partial charge in [0.1, 0.15) is 5.82 Å². The highest BCUT2D eigenvalue weighted by molar-refractivity contribution is 9.10. The molecule has 25 heavy (non-hydrogen) atoms. The predicted octanol–water partition coefficient (Wildman–Crippen LogP) is 3.99. The van der Waals surface area contributed by atoms with Crippen molar-refractivity contribution >= 4 is 39.1 Å². The van der Waals surface area contributed by atoms with E-state index in [-0.39, 0.29) is 18.2 Å². The van der Waals surface area contributed by atoms with Crippen LogP contribution in [0.5, 0.6) is 0 Å². The first-order valence-electron chi connectivity index (χ1n) is 8.22. The number of para-hydroxylation sites is 1. The van der Waals surface area contributed by atoms with E-state index >= 15 is 0 Å². The average molecular weight is 403 g/mol. The lowest BCUT2D eigenvalue weighted by Crippen LogP contribution is -2.41. The Hall–Kier alpha value is -2.21. The third kappa shape index (κ3) is 2.84. The number of halogens is 2. The van der Waals surface area contributed by atoms with Crippen LogP contribution in [0, 0.1) is 5.82 Å². The topological polar surface area (TPSA) is 49.4 Å². The van der Waals surface area contributed by atoms with Gasteiger partial charge in [-0.15, -0.1) is 0 Å². The summed E-state index contributed by atoms with van der Waals surface area (Å²) in [5, 5.41) is 2.80. The number of aryl methyl sites for hydroxylation is 1. The highest BCUT2D eigenvalue weighted by Gasteiger charge is 2.36. The quantitative estimate of drug-likeness (QED) is 0.783. The van der Waals surface area contributed by atoms with E-state index in [1.807, 2.05) is 24.3 Å². The summed E-state index contributed by atoms with van der Waals surface area (Å²) in [5.41, 5.74) is 2.62. The van der Waals surface area contributed by atoms with Gasteiger partial charge < -0.3 is 10.2 Å². The van der Waals surface area contributed by atoms with E-state index in [9.17, 15) is 14.0 Å². The van der Waals surface area contributed by atoms with Gasteiger partial charge in [0.2, 0.25) is 11.8 Å². The molecule has 2 amide bonds. The molecular weight excluding hydrogens is 387 g/mol. The van der Waals surface area contributed by atoms with E-state index < -0.39 is 11.7 Å². The van der Waals surface area contributed by atoms with E-state index in [0.717, 1.165) is 24.0 Å². The molecule has 0 aromatic heterocycles. The zero-order chi connectivity index (χ0) is 17.6. The molecule has 0 radical (unpaired) electrons. The third-order valence-electron chi connectivity index (χ3n) is 4.77. The summed E-state index contributed by atoms with van der Waals surface area (Å²) in [6, 6.07) is 10.5. The van der Waals surface area contributed by atoms with Crippen molar-refractivity contribution in [2.75, 3.05) is 16.8 Å². The van der Waals surface area contributed by atoms with Crippen molar-refractivity contribution < 1.29 is 14.0 Å². The smallest absolute Gasteiger partial charge is 0.235 e. The molecule has 6 heteroatoms. The van der Waals surface area contributed by atoms with Gasteiger partial charge in [-0.1, -0.05) is 34.1 Å². The highest BCUT2D eigenvalue weighted by Crippen LogP contribution is 2.38. The Labute approximate surface area is 153 Å². The Morgan fingerprint density at radius 2 is 2.08 bits per heavy atom. The number of fused-ring (bicyclic) bond motifs is 2. The summed E-state index contributed by atoms with van der Waals surface area (Å²) in [6.07, 6.45) is 1.59. The Bertz CT molecular complexity index is 884. The third-order valence-corrected chi connectivity index (χ3v) is 5.23. The molecule has 0 saturated heterocycles. The van der Waals surface area contributed by atoms with Crippen molar-refractivity contribution in [3.8, 4) is 0 Å². The minimum absolute atomic E-state index is 0.0832. The van der Waals surface area contributed by atoms with Crippen molar-refractivity contribution in [3.05, 3.63) is 57.8 Å². The van der Waals surface area contributed by atoms with Crippen molar-refractivity contribution in [2.45, 2.75) is 25.2 Å². The standard InChI is InChI=1S/C19H16BrFN2O2/c20-12-8-11-4-3-7-23(18(11)15(21)9-12)19(25)14-10-17(24)22-16-6-2-1-5-13(14)16/h1-2,5-6,8-9,14H,3-4,7,10H2,(H,22,24). The molecule has 1 N–H and O–H groups in total. The maximum atomic E-state index is 14.6. The molecule has 2 aliphatic heterocycles. The van der Waals surface area contributed by atoms with Crippen molar-refractivity contribution in [1.82, 2.24) is 0 Å². The highest BCUT2D eigenvalue weighted by atomic mass is 79.9. The molecule has 2 heterocycles. The molecule has 0 spiro atoms. The molecule has 0 bridgehead atoms. The first-order valence-corrected chi connectivity index (χ1v) is 9.02. The molecule has 0 fully saturated rings. The van der Waals surface area contributed by atoms with Gasteiger partial charge in [-0.05, 0) is 42.2 Å². The first kappa shape index (κ1) is 16.3. The second kappa shape index (κ2) is 6.26. The maximum absolute atomic E-state index is 14.6. The van der Waals surface area contributed by atoms with Gasteiger partial charge >= 0.3 is 0 Å². The maximum Gasteiger partial charge on any atom is 0.235 e. The molecule has 2 aliphatic rings. The van der Waals surface area contributed by atoms with Crippen LogP contribution in [0.4, 0.5) is 15.8 Å². The van der Waals surface area contributed by atoms with E-state index in [0.29, 0.717) is 22.4 Å². The number of amides is 2. The Morgan fingerprint density at radius 3 is 2.92 bits per heavy atom. The van der Waals surface area contributed by atoms with Crippen LogP contribution in [0.2, 0.25) is 0 Å². The molecule has 4 rings (SSSR count). The fraction of sp³-hybridized carbons (Fsp3) is 0.263. The molecule has 2 aromatic rings. The summed E-state index contributed by atoms with van der Waals surface area (Å²) in [4.78, 5) is 26.8. The normalized spacial score (nSPS) is 19.0. The molecular formula is C19H16BrFN2O2. The van der Waals surface area contributed by atoms with Crippen LogP contribution < -0.4 is 10.2 Å². The Kier molecular flexibility index (Phi) is 4.07.